The van der Waals surface area contributed by atoms with Crippen LogP contribution in [0.25, 0.3) is 55.6 Å². The minimum atomic E-state index is -0.391. The second kappa shape index (κ2) is 10.6. The number of aromatic nitrogens is 6. The Kier molecular flexibility index (Phi) is 6.65. The second-order valence-corrected chi connectivity index (χ2v) is 9.52. The second-order valence-electron chi connectivity index (χ2n) is 9.52. The maximum Gasteiger partial charge on any atom is 0.224 e. The Morgan fingerprint density at radius 1 is 0.950 bits per heavy atom. The molecule has 40 heavy (non-hydrogen) atoms. The normalized spacial score (nSPS) is 11.3. The van der Waals surface area contributed by atoms with E-state index in [9.17, 15) is 9.18 Å². The van der Waals surface area contributed by atoms with Gasteiger partial charge in [0.2, 0.25) is 5.91 Å². The van der Waals surface area contributed by atoms with E-state index in [4.69, 9.17) is 4.74 Å². The van der Waals surface area contributed by atoms with Crippen LogP contribution in [0, 0.1) is 5.82 Å². The number of nitrogens with zero attached hydrogens (tertiary/aromatic N) is 4. The zero-order chi connectivity index (χ0) is 27.6. The largest absolute Gasteiger partial charge is 0.497 e. The summed E-state index contributed by atoms with van der Waals surface area (Å²) < 4.78 is 19.5. The van der Waals surface area contributed by atoms with Gasteiger partial charge in [0.05, 0.1) is 36.4 Å². The lowest BCUT2D eigenvalue weighted by atomic mass is 10.0. The number of carbonyl (C=O) groups is 1. The third kappa shape index (κ3) is 4.86. The Bertz CT molecular complexity index is 1860. The molecule has 0 fully saturated rings. The number of fused-ring (bicyclic) bond motifs is 2. The van der Waals surface area contributed by atoms with Crippen molar-refractivity contribution in [1.29, 1.82) is 0 Å². The van der Waals surface area contributed by atoms with E-state index in [1.165, 1.54) is 19.2 Å². The zero-order valence-corrected chi connectivity index (χ0v) is 22.0. The van der Waals surface area contributed by atoms with Crippen LogP contribution in [-0.4, -0.2) is 43.2 Å². The SMILES string of the molecule is CCCCC(=O)Nc1cncc(-c2cnc3[nH]nc(-c4cc5c(-c6cc(F)cc(OC)c6)cncc5[nH]4)c3c2)c1. The van der Waals surface area contributed by atoms with E-state index >= 15 is 0 Å². The van der Waals surface area contributed by atoms with Crippen molar-refractivity contribution in [2.45, 2.75) is 26.2 Å². The topological polar surface area (TPSA) is 121 Å². The summed E-state index contributed by atoms with van der Waals surface area (Å²) in [5, 5.41) is 12.1. The summed E-state index contributed by atoms with van der Waals surface area (Å²) in [6, 6.07) is 10.4. The lowest BCUT2D eigenvalue weighted by Crippen LogP contribution is -2.11. The molecule has 1 amide bonds. The quantitative estimate of drug-likeness (QED) is 0.204. The standard InChI is InChI=1S/C30H26FN7O2/c1-3-4-5-28(39)35-21-7-18(12-32-14-21)19-9-24-29(37-38-30(24)34-13-19)26-11-23-25(15-33-16-27(23)36-26)17-6-20(31)10-22(8-17)40-2/h6-16,36H,3-5H2,1-2H3,(H,35,39)(H,34,37,38). The Morgan fingerprint density at radius 3 is 2.65 bits per heavy atom. The van der Waals surface area contributed by atoms with E-state index in [2.05, 4.69) is 42.4 Å². The predicted octanol–water partition coefficient (Wildman–Crippen LogP) is 6.51. The highest BCUT2D eigenvalue weighted by molar-refractivity contribution is 6.01. The number of nitrogens with one attached hydrogen (secondary N) is 3. The summed E-state index contributed by atoms with van der Waals surface area (Å²) in [7, 11) is 1.51. The molecule has 0 unspecified atom stereocenters. The number of H-pyrrole nitrogens is 2. The van der Waals surface area contributed by atoms with Gasteiger partial charge in [-0.25, -0.2) is 9.37 Å². The van der Waals surface area contributed by atoms with Gasteiger partial charge in [0.1, 0.15) is 17.3 Å². The molecule has 5 heterocycles. The van der Waals surface area contributed by atoms with Gasteiger partial charge in [-0.15, -0.1) is 0 Å². The highest BCUT2D eigenvalue weighted by Gasteiger charge is 2.16. The van der Waals surface area contributed by atoms with Gasteiger partial charge in [-0.05, 0) is 42.3 Å². The molecule has 6 aromatic rings. The molecule has 3 N–H and O–H groups in total. The third-order valence-corrected chi connectivity index (χ3v) is 6.75. The van der Waals surface area contributed by atoms with E-state index in [1.54, 1.807) is 37.1 Å². The molecule has 0 atom stereocenters. The molecule has 5 aromatic heterocycles. The lowest BCUT2D eigenvalue weighted by molar-refractivity contribution is -0.116. The van der Waals surface area contributed by atoms with Crippen LogP contribution in [0.5, 0.6) is 5.75 Å². The van der Waals surface area contributed by atoms with Gasteiger partial charge in [0, 0.05) is 58.5 Å². The van der Waals surface area contributed by atoms with Gasteiger partial charge in [-0.3, -0.25) is 19.9 Å². The van der Waals surface area contributed by atoms with Crippen molar-refractivity contribution < 1.29 is 13.9 Å². The first-order valence-electron chi connectivity index (χ1n) is 12.9. The number of rotatable bonds is 8. The maximum atomic E-state index is 14.3. The van der Waals surface area contributed by atoms with Gasteiger partial charge >= 0.3 is 0 Å². The molecule has 0 aliphatic carbocycles. The van der Waals surface area contributed by atoms with Gasteiger partial charge in [-0.1, -0.05) is 13.3 Å². The fourth-order valence-corrected chi connectivity index (χ4v) is 4.74. The molecular weight excluding hydrogens is 509 g/mol. The van der Waals surface area contributed by atoms with Gasteiger partial charge in [0.15, 0.2) is 5.65 Å². The number of halogens is 1. The summed E-state index contributed by atoms with van der Waals surface area (Å²) in [6.07, 6.45) is 10.8. The van der Waals surface area contributed by atoms with Crippen molar-refractivity contribution in [1.82, 2.24) is 30.1 Å². The van der Waals surface area contributed by atoms with Crippen LogP contribution < -0.4 is 10.1 Å². The minimum absolute atomic E-state index is 0.0316. The smallest absolute Gasteiger partial charge is 0.224 e. The van der Waals surface area contributed by atoms with E-state index in [-0.39, 0.29) is 5.91 Å². The van der Waals surface area contributed by atoms with Crippen LogP contribution in [0.1, 0.15) is 26.2 Å². The summed E-state index contributed by atoms with van der Waals surface area (Å²) in [5.74, 6) is 0.00713. The first-order valence-corrected chi connectivity index (χ1v) is 12.9. The number of carbonyl (C=O) groups excluding carboxylic acids is 1. The highest BCUT2D eigenvalue weighted by atomic mass is 19.1. The van der Waals surface area contributed by atoms with Crippen LogP contribution in [0.2, 0.25) is 0 Å². The first-order chi connectivity index (χ1) is 19.5. The van der Waals surface area contributed by atoms with Crippen molar-refractivity contribution in [3.63, 3.8) is 0 Å². The summed E-state index contributed by atoms with van der Waals surface area (Å²) in [5.41, 5.74) is 6.56. The number of amides is 1. The number of benzene rings is 1. The molecular formula is C30H26FN7O2. The van der Waals surface area contributed by atoms with Crippen LogP contribution in [0.15, 0.2) is 67.4 Å². The Morgan fingerprint density at radius 2 is 1.80 bits per heavy atom. The van der Waals surface area contributed by atoms with Crippen LogP contribution >= 0.6 is 0 Å². The third-order valence-electron chi connectivity index (χ3n) is 6.75. The first kappa shape index (κ1) is 25.2. The average molecular weight is 536 g/mol. The molecule has 6 rings (SSSR count). The van der Waals surface area contributed by atoms with Gasteiger partial charge in [0.25, 0.3) is 0 Å². The van der Waals surface area contributed by atoms with Crippen molar-refractivity contribution in [3.05, 3.63) is 73.2 Å². The fourth-order valence-electron chi connectivity index (χ4n) is 4.74. The predicted molar refractivity (Wildman–Crippen MR) is 152 cm³/mol. The lowest BCUT2D eigenvalue weighted by Gasteiger charge is -2.07. The molecule has 0 aliphatic heterocycles. The summed E-state index contributed by atoms with van der Waals surface area (Å²) in [4.78, 5) is 28.8. The van der Waals surface area contributed by atoms with Gasteiger partial charge < -0.3 is 15.0 Å². The number of hydrogen-bond donors (Lipinski definition) is 3. The number of ether oxygens (including phenoxy) is 1. The van der Waals surface area contributed by atoms with Crippen LogP contribution in [-0.2, 0) is 4.79 Å². The van der Waals surface area contributed by atoms with Crippen LogP contribution in [0.4, 0.5) is 10.1 Å². The minimum Gasteiger partial charge on any atom is -0.497 e. The molecule has 0 aliphatic rings. The summed E-state index contributed by atoms with van der Waals surface area (Å²) >= 11 is 0. The Balaban J connectivity index is 1.38. The fraction of sp³-hybridized carbons (Fsp3) is 0.167. The maximum absolute atomic E-state index is 14.3. The van der Waals surface area contributed by atoms with Crippen LogP contribution in [0.3, 0.4) is 0 Å². The number of anilines is 1. The number of aromatic amines is 2. The molecule has 200 valence electrons. The number of methoxy groups -OCH3 is 1. The number of hydrogen-bond acceptors (Lipinski definition) is 6. The average Bonchev–Trinajstić information content (AvgIpc) is 3.59. The molecule has 1 aromatic carbocycles. The molecule has 10 heteroatoms. The van der Waals surface area contributed by atoms with Crippen molar-refractivity contribution in [2.75, 3.05) is 12.4 Å². The molecule has 9 nitrogen and oxygen atoms in total. The van der Waals surface area contributed by atoms with Gasteiger partial charge in [-0.2, -0.15) is 5.10 Å². The monoisotopic (exact) mass is 535 g/mol. The van der Waals surface area contributed by atoms with E-state index in [0.717, 1.165) is 51.5 Å². The van der Waals surface area contributed by atoms with Crippen molar-refractivity contribution in [2.24, 2.45) is 0 Å². The van der Waals surface area contributed by atoms with E-state index in [0.29, 0.717) is 34.8 Å². The number of pyridine rings is 3. The molecule has 0 bridgehead atoms. The van der Waals surface area contributed by atoms with Crippen molar-refractivity contribution >= 4 is 33.5 Å². The van der Waals surface area contributed by atoms with Crippen molar-refractivity contribution in [3.8, 4) is 39.4 Å². The Hall–Kier alpha value is -5.12. The number of unbranched alkanes of at least 4 members (excludes halogenated alkanes) is 1. The zero-order valence-electron chi connectivity index (χ0n) is 22.0. The highest BCUT2D eigenvalue weighted by Crippen LogP contribution is 2.35. The Labute approximate surface area is 228 Å². The van der Waals surface area contributed by atoms with E-state index in [1.807, 2.05) is 18.2 Å². The molecule has 0 saturated heterocycles. The van der Waals surface area contributed by atoms with E-state index < -0.39 is 5.82 Å². The summed E-state index contributed by atoms with van der Waals surface area (Å²) in [6.45, 7) is 2.05. The molecule has 0 radical (unpaired) electrons. The molecule has 0 saturated carbocycles. The molecule has 0 spiro atoms.